The van der Waals surface area contributed by atoms with Crippen LogP contribution in [0.2, 0.25) is 0 Å². The van der Waals surface area contributed by atoms with Gasteiger partial charge in [-0.05, 0) is 35.4 Å². The van der Waals surface area contributed by atoms with E-state index in [2.05, 4.69) is 53.2 Å². The van der Waals surface area contributed by atoms with Gasteiger partial charge in [-0.25, -0.2) is 4.67 Å². The van der Waals surface area contributed by atoms with E-state index in [0.717, 1.165) is 38.8 Å². The molecule has 0 bridgehead atoms. The number of para-hydroxylation sites is 2. The maximum atomic E-state index is 9.85. The van der Waals surface area contributed by atoms with Gasteiger partial charge in [-0.1, -0.05) is 72.8 Å². The smallest absolute Gasteiger partial charge is 0.265 e. The third kappa shape index (κ3) is 4.36. The van der Waals surface area contributed by atoms with Gasteiger partial charge in [-0.3, -0.25) is 0 Å². The largest absolute Gasteiger partial charge is 0.453 e. The highest BCUT2D eigenvalue weighted by Gasteiger charge is 2.32. The third-order valence-corrected chi connectivity index (χ3v) is 9.75. The van der Waals surface area contributed by atoms with Gasteiger partial charge in [0.15, 0.2) is 8.30 Å². The summed E-state index contributed by atoms with van der Waals surface area (Å²) in [7, 11) is -2.36. The summed E-state index contributed by atoms with van der Waals surface area (Å²) in [5.41, 5.74) is 4.56. The first kappa shape index (κ1) is 22.7. The number of hydrogen-bond donors (Lipinski definition) is 1. The zero-order chi connectivity index (χ0) is 23.6. The molecule has 0 saturated heterocycles. The molecule has 7 heteroatoms. The summed E-state index contributed by atoms with van der Waals surface area (Å²) in [4.78, 5) is 0. The van der Waals surface area contributed by atoms with Crippen LogP contribution in [0, 0.1) is 0 Å². The van der Waals surface area contributed by atoms with Gasteiger partial charge in [0, 0.05) is 29.5 Å². The molecular formula is C28H25NO4P2. The molecule has 176 valence electrons. The minimum absolute atomic E-state index is 0.0491. The predicted octanol–water partition coefficient (Wildman–Crippen LogP) is 5.69. The van der Waals surface area contributed by atoms with Crippen molar-refractivity contribution in [3.8, 4) is 33.8 Å². The highest BCUT2D eigenvalue weighted by molar-refractivity contribution is 7.59. The van der Waals surface area contributed by atoms with Crippen molar-refractivity contribution in [2.24, 2.45) is 0 Å². The molecule has 2 aliphatic rings. The van der Waals surface area contributed by atoms with Gasteiger partial charge < -0.3 is 18.7 Å². The fourth-order valence-corrected chi connectivity index (χ4v) is 7.98. The fraction of sp³-hybridized carbons (Fsp3) is 0.143. The van der Waals surface area contributed by atoms with Crippen LogP contribution < -0.4 is 19.7 Å². The average molecular weight is 501 g/mol. The molecule has 2 aliphatic heterocycles. The fourth-order valence-electron chi connectivity index (χ4n) is 4.49. The standard InChI is InChI=1S/C28H25NO4P2/c30-19-17-29(34-27-15-7-3-11-23(27)21-9-1-5-13-25(21)32-34)18-20-31-35-28-16-8-4-12-24(28)22-10-2-6-14-26(22)33-35/h1-16,30H,17-20H2. The molecule has 2 unspecified atom stereocenters. The highest BCUT2D eigenvalue weighted by Crippen LogP contribution is 2.52. The van der Waals surface area contributed by atoms with E-state index in [4.69, 9.17) is 13.6 Å². The van der Waals surface area contributed by atoms with Gasteiger partial charge >= 0.3 is 0 Å². The van der Waals surface area contributed by atoms with Gasteiger partial charge in [0.05, 0.1) is 18.5 Å². The number of aliphatic hydroxyl groups is 1. The molecule has 4 aromatic carbocycles. The van der Waals surface area contributed by atoms with Crippen LogP contribution >= 0.6 is 16.7 Å². The number of nitrogens with zero attached hydrogens (tertiary/aromatic N) is 1. The van der Waals surface area contributed by atoms with Crippen LogP contribution in [-0.4, -0.2) is 36.1 Å². The van der Waals surface area contributed by atoms with Gasteiger partial charge in [0.1, 0.15) is 11.5 Å². The van der Waals surface area contributed by atoms with Crippen LogP contribution in [0.5, 0.6) is 11.5 Å². The Morgan fingerprint density at radius 3 is 1.86 bits per heavy atom. The molecule has 5 nitrogen and oxygen atoms in total. The maximum Gasteiger partial charge on any atom is 0.265 e. The molecule has 35 heavy (non-hydrogen) atoms. The van der Waals surface area contributed by atoms with E-state index in [1.165, 1.54) is 5.56 Å². The van der Waals surface area contributed by atoms with Crippen molar-refractivity contribution in [1.29, 1.82) is 0 Å². The van der Waals surface area contributed by atoms with Crippen molar-refractivity contribution < 1.29 is 18.7 Å². The number of fused-ring (bicyclic) bond motifs is 6. The lowest BCUT2D eigenvalue weighted by Gasteiger charge is -2.35. The molecule has 2 atom stereocenters. The first-order valence-electron chi connectivity index (χ1n) is 11.6. The van der Waals surface area contributed by atoms with Crippen LogP contribution in [0.15, 0.2) is 97.1 Å². The molecule has 0 spiro atoms. The Morgan fingerprint density at radius 2 is 1.17 bits per heavy atom. The van der Waals surface area contributed by atoms with Crippen molar-refractivity contribution in [3.63, 3.8) is 0 Å². The van der Waals surface area contributed by atoms with E-state index in [1.807, 2.05) is 48.5 Å². The molecule has 2 heterocycles. The van der Waals surface area contributed by atoms with Crippen LogP contribution in [-0.2, 0) is 4.52 Å². The molecule has 6 rings (SSSR count). The minimum Gasteiger partial charge on any atom is -0.453 e. The molecule has 1 N–H and O–H groups in total. The average Bonchev–Trinajstić information content (AvgIpc) is 2.92. The highest BCUT2D eigenvalue weighted by atomic mass is 31.2. The summed E-state index contributed by atoms with van der Waals surface area (Å²) in [5, 5.41) is 12.1. The second-order valence-corrected chi connectivity index (χ2v) is 11.5. The molecule has 0 radical (unpaired) electrons. The van der Waals surface area contributed by atoms with E-state index in [0.29, 0.717) is 19.7 Å². The lowest BCUT2D eigenvalue weighted by Crippen LogP contribution is -2.33. The van der Waals surface area contributed by atoms with Gasteiger partial charge in [-0.15, -0.1) is 0 Å². The number of aliphatic hydroxyl groups excluding tert-OH is 1. The summed E-state index contributed by atoms with van der Waals surface area (Å²) in [6, 6.07) is 32.9. The maximum absolute atomic E-state index is 9.85. The van der Waals surface area contributed by atoms with E-state index in [9.17, 15) is 5.11 Å². The third-order valence-electron chi connectivity index (χ3n) is 6.10. The van der Waals surface area contributed by atoms with Crippen LogP contribution in [0.4, 0.5) is 0 Å². The van der Waals surface area contributed by atoms with E-state index >= 15 is 0 Å². The Bertz CT molecular complexity index is 1350. The molecular weight excluding hydrogens is 476 g/mol. The molecule has 0 saturated carbocycles. The molecule has 4 aromatic rings. The van der Waals surface area contributed by atoms with Crippen molar-refractivity contribution >= 4 is 27.3 Å². The summed E-state index contributed by atoms with van der Waals surface area (Å²) in [6.07, 6.45) is 0. The Balaban J connectivity index is 1.22. The SMILES string of the molecule is OCCN(CCOP1Oc2ccccc2-c2ccccc21)P1Oc2ccccc2-c2ccccc21. The second kappa shape index (κ2) is 10.1. The Kier molecular flexibility index (Phi) is 6.52. The van der Waals surface area contributed by atoms with Crippen LogP contribution in [0.1, 0.15) is 0 Å². The zero-order valence-electron chi connectivity index (χ0n) is 19.1. The Morgan fingerprint density at radius 1 is 0.629 bits per heavy atom. The monoisotopic (exact) mass is 501 g/mol. The summed E-state index contributed by atoms with van der Waals surface area (Å²) in [6.45, 7) is 1.64. The zero-order valence-corrected chi connectivity index (χ0v) is 20.9. The Labute approximate surface area is 207 Å². The van der Waals surface area contributed by atoms with E-state index in [-0.39, 0.29) is 6.61 Å². The van der Waals surface area contributed by atoms with Gasteiger partial charge in [0.2, 0.25) is 0 Å². The summed E-state index contributed by atoms with van der Waals surface area (Å²) >= 11 is 0. The van der Waals surface area contributed by atoms with Crippen LogP contribution in [0.3, 0.4) is 0 Å². The van der Waals surface area contributed by atoms with Crippen molar-refractivity contribution in [3.05, 3.63) is 97.1 Å². The normalized spacial score (nSPS) is 17.4. The molecule has 0 fully saturated rings. The quantitative estimate of drug-likeness (QED) is 0.330. The lowest BCUT2D eigenvalue weighted by atomic mass is 10.0. The predicted molar refractivity (Wildman–Crippen MR) is 143 cm³/mol. The summed E-state index contributed by atoms with van der Waals surface area (Å²) < 4.78 is 21.4. The number of rotatable bonds is 7. The topological polar surface area (TPSA) is 51.2 Å². The van der Waals surface area contributed by atoms with E-state index in [1.54, 1.807) is 0 Å². The molecule has 0 amide bonds. The first-order chi connectivity index (χ1) is 17.3. The first-order valence-corrected chi connectivity index (χ1v) is 14.0. The molecule has 0 aliphatic carbocycles. The molecule has 0 aromatic heterocycles. The lowest BCUT2D eigenvalue weighted by molar-refractivity contribution is 0.228. The summed E-state index contributed by atoms with van der Waals surface area (Å²) in [5.74, 6) is 1.74. The Hall–Kier alpha value is -2.78. The van der Waals surface area contributed by atoms with Gasteiger partial charge in [-0.2, -0.15) is 0 Å². The van der Waals surface area contributed by atoms with E-state index < -0.39 is 16.7 Å². The van der Waals surface area contributed by atoms with Crippen molar-refractivity contribution in [2.75, 3.05) is 26.3 Å². The number of hydrogen-bond acceptors (Lipinski definition) is 5. The number of benzene rings is 4. The van der Waals surface area contributed by atoms with Crippen LogP contribution in [0.25, 0.3) is 22.3 Å². The van der Waals surface area contributed by atoms with Gasteiger partial charge in [0.25, 0.3) is 8.38 Å². The van der Waals surface area contributed by atoms with Crippen molar-refractivity contribution in [2.45, 2.75) is 0 Å². The second-order valence-electron chi connectivity index (χ2n) is 8.25. The van der Waals surface area contributed by atoms with Crippen molar-refractivity contribution in [1.82, 2.24) is 4.67 Å². The minimum atomic E-state index is -1.25.